The van der Waals surface area contributed by atoms with E-state index in [4.69, 9.17) is 0 Å². The third-order valence-electron chi connectivity index (χ3n) is 4.24. The summed E-state index contributed by atoms with van der Waals surface area (Å²) in [6.45, 7) is 2.20. The van der Waals surface area contributed by atoms with Gasteiger partial charge in [-0.3, -0.25) is 4.90 Å². The fraction of sp³-hybridized carbons (Fsp3) is 0.333. The van der Waals surface area contributed by atoms with Gasteiger partial charge in [0.05, 0.1) is 6.61 Å². The highest BCUT2D eigenvalue weighted by Crippen LogP contribution is 2.32. The average molecular weight is 267 g/mol. The van der Waals surface area contributed by atoms with Crippen LogP contribution in [0.1, 0.15) is 23.5 Å². The maximum atomic E-state index is 9.64. The van der Waals surface area contributed by atoms with E-state index in [-0.39, 0.29) is 12.6 Å². The van der Waals surface area contributed by atoms with Crippen LogP contribution in [0.15, 0.2) is 60.7 Å². The van der Waals surface area contributed by atoms with Crippen LogP contribution in [0, 0.1) is 0 Å². The summed E-state index contributed by atoms with van der Waals surface area (Å²) in [7, 11) is 0. The van der Waals surface area contributed by atoms with Crippen LogP contribution in [0.25, 0.3) is 0 Å². The molecule has 2 atom stereocenters. The summed E-state index contributed by atoms with van der Waals surface area (Å²) in [6, 6.07) is 21.5. The van der Waals surface area contributed by atoms with Crippen molar-refractivity contribution in [3.63, 3.8) is 0 Å². The van der Waals surface area contributed by atoms with Crippen LogP contribution in [-0.2, 0) is 6.54 Å². The first-order chi connectivity index (χ1) is 9.86. The van der Waals surface area contributed by atoms with Gasteiger partial charge in [0.15, 0.2) is 0 Å². The first-order valence-corrected chi connectivity index (χ1v) is 7.30. The van der Waals surface area contributed by atoms with Gasteiger partial charge in [-0.2, -0.15) is 0 Å². The highest BCUT2D eigenvalue weighted by Gasteiger charge is 2.32. The second-order valence-electron chi connectivity index (χ2n) is 5.59. The predicted octanol–water partition coefficient (Wildman–Crippen LogP) is 3.04. The van der Waals surface area contributed by atoms with E-state index in [1.807, 2.05) is 6.07 Å². The third kappa shape index (κ3) is 2.92. The van der Waals surface area contributed by atoms with Gasteiger partial charge >= 0.3 is 0 Å². The number of aliphatic hydroxyl groups excluding tert-OH is 1. The van der Waals surface area contributed by atoms with Crippen molar-refractivity contribution in [2.75, 3.05) is 13.2 Å². The summed E-state index contributed by atoms with van der Waals surface area (Å²) in [4.78, 5) is 2.41. The van der Waals surface area contributed by atoms with E-state index in [2.05, 4.69) is 59.5 Å². The van der Waals surface area contributed by atoms with Crippen LogP contribution in [0.3, 0.4) is 0 Å². The van der Waals surface area contributed by atoms with Crippen LogP contribution in [0.4, 0.5) is 0 Å². The van der Waals surface area contributed by atoms with Crippen LogP contribution in [0.2, 0.25) is 0 Å². The third-order valence-corrected chi connectivity index (χ3v) is 4.24. The van der Waals surface area contributed by atoms with Gasteiger partial charge in [0.25, 0.3) is 0 Å². The molecule has 3 rings (SSSR count). The molecule has 0 unspecified atom stereocenters. The molecule has 2 heteroatoms. The molecule has 0 aromatic heterocycles. The van der Waals surface area contributed by atoms with Crippen LogP contribution < -0.4 is 0 Å². The van der Waals surface area contributed by atoms with E-state index in [1.165, 1.54) is 11.1 Å². The summed E-state index contributed by atoms with van der Waals surface area (Å²) in [5, 5.41) is 9.64. The van der Waals surface area contributed by atoms with E-state index in [9.17, 15) is 5.11 Å². The molecule has 0 bridgehead atoms. The largest absolute Gasteiger partial charge is 0.395 e. The molecule has 1 heterocycles. The Labute approximate surface area is 120 Å². The van der Waals surface area contributed by atoms with Gasteiger partial charge < -0.3 is 5.11 Å². The molecule has 0 spiro atoms. The van der Waals surface area contributed by atoms with Crippen molar-refractivity contribution in [2.45, 2.75) is 24.9 Å². The minimum Gasteiger partial charge on any atom is -0.395 e. The molecule has 0 amide bonds. The molecule has 2 nitrogen and oxygen atoms in total. The molecule has 20 heavy (non-hydrogen) atoms. The highest BCUT2D eigenvalue weighted by molar-refractivity contribution is 5.22. The summed E-state index contributed by atoms with van der Waals surface area (Å²) in [5.41, 5.74) is 2.71. The molecule has 1 aliphatic heterocycles. The molecule has 0 aliphatic carbocycles. The van der Waals surface area contributed by atoms with E-state index < -0.39 is 0 Å². The molecule has 0 saturated carbocycles. The quantitative estimate of drug-likeness (QED) is 0.920. The second-order valence-corrected chi connectivity index (χ2v) is 5.59. The van der Waals surface area contributed by atoms with Gasteiger partial charge in [-0.15, -0.1) is 0 Å². The molecule has 1 aliphatic rings. The molecular formula is C18H21NO. The maximum absolute atomic E-state index is 9.64. The Kier molecular flexibility index (Phi) is 4.14. The van der Waals surface area contributed by atoms with Crippen molar-refractivity contribution in [3.8, 4) is 0 Å². The van der Waals surface area contributed by atoms with Crippen molar-refractivity contribution in [3.05, 3.63) is 71.8 Å². The van der Waals surface area contributed by atoms with E-state index in [0.717, 1.165) is 19.5 Å². The average Bonchev–Trinajstić information content (AvgIpc) is 2.92. The van der Waals surface area contributed by atoms with Crippen molar-refractivity contribution >= 4 is 0 Å². The summed E-state index contributed by atoms with van der Waals surface area (Å²) < 4.78 is 0. The molecule has 1 fully saturated rings. The standard InChI is InChI=1S/C18H21NO/c20-14-18-11-17(16-9-5-2-6-10-16)13-19(18)12-15-7-3-1-4-8-15/h1-10,17-18,20H,11-14H2/t17-,18-/m0/s1. The monoisotopic (exact) mass is 267 g/mol. The van der Waals surface area contributed by atoms with Gasteiger partial charge in [-0.05, 0) is 23.5 Å². The lowest BCUT2D eigenvalue weighted by atomic mass is 9.97. The lowest BCUT2D eigenvalue weighted by molar-refractivity contribution is 0.153. The number of hydrogen-bond acceptors (Lipinski definition) is 2. The maximum Gasteiger partial charge on any atom is 0.0587 e. The summed E-state index contributed by atoms with van der Waals surface area (Å²) >= 11 is 0. The molecule has 2 aromatic rings. The predicted molar refractivity (Wildman–Crippen MR) is 81.5 cm³/mol. The summed E-state index contributed by atoms with van der Waals surface area (Å²) in [5.74, 6) is 0.539. The molecule has 0 radical (unpaired) electrons. The van der Waals surface area contributed by atoms with Crippen LogP contribution in [0.5, 0.6) is 0 Å². The Morgan fingerprint density at radius 1 is 0.950 bits per heavy atom. The zero-order valence-electron chi connectivity index (χ0n) is 11.7. The lowest BCUT2D eigenvalue weighted by Gasteiger charge is -2.22. The second kappa shape index (κ2) is 6.21. The Balaban J connectivity index is 1.72. The number of likely N-dealkylation sites (tertiary alicyclic amines) is 1. The van der Waals surface area contributed by atoms with Gasteiger partial charge in [0.1, 0.15) is 0 Å². The number of benzene rings is 2. The molecule has 2 aromatic carbocycles. The lowest BCUT2D eigenvalue weighted by Crippen LogP contribution is -2.31. The number of aliphatic hydroxyl groups is 1. The normalized spacial score (nSPS) is 23.1. The van der Waals surface area contributed by atoms with E-state index >= 15 is 0 Å². The van der Waals surface area contributed by atoms with Gasteiger partial charge in [-0.1, -0.05) is 60.7 Å². The SMILES string of the molecule is OC[C@@H]1C[C@H](c2ccccc2)CN1Cc1ccccc1. The number of rotatable bonds is 4. The van der Waals surface area contributed by atoms with Crippen molar-refractivity contribution in [1.29, 1.82) is 0 Å². The van der Waals surface area contributed by atoms with E-state index in [0.29, 0.717) is 5.92 Å². The smallest absolute Gasteiger partial charge is 0.0587 e. The highest BCUT2D eigenvalue weighted by atomic mass is 16.3. The molecule has 1 saturated heterocycles. The Morgan fingerprint density at radius 3 is 2.25 bits per heavy atom. The Bertz CT molecular complexity index is 526. The van der Waals surface area contributed by atoms with Gasteiger partial charge in [0, 0.05) is 19.1 Å². The number of hydrogen-bond donors (Lipinski definition) is 1. The van der Waals surface area contributed by atoms with E-state index in [1.54, 1.807) is 0 Å². The number of nitrogens with zero attached hydrogens (tertiary/aromatic N) is 1. The minimum atomic E-state index is 0.246. The first-order valence-electron chi connectivity index (χ1n) is 7.30. The van der Waals surface area contributed by atoms with Gasteiger partial charge in [0.2, 0.25) is 0 Å². The van der Waals surface area contributed by atoms with Gasteiger partial charge in [-0.25, -0.2) is 0 Å². The van der Waals surface area contributed by atoms with Crippen molar-refractivity contribution < 1.29 is 5.11 Å². The zero-order chi connectivity index (χ0) is 13.8. The minimum absolute atomic E-state index is 0.246. The van der Waals surface area contributed by atoms with Crippen molar-refractivity contribution in [2.24, 2.45) is 0 Å². The van der Waals surface area contributed by atoms with Crippen LogP contribution in [-0.4, -0.2) is 29.2 Å². The zero-order valence-corrected chi connectivity index (χ0v) is 11.7. The fourth-order valence-corrected chi connectivity index (χ4v) is 3.15. The van der Waals surface area contributed by atoms with Crippen LogP contribution >= 0.6 is 0 Å². The topological polar surface area (TPSA) is 23.5 Å². The Morgan fingerprint density at radius 2 is 1.60 bits per heavy atom. The first kappa shape index (κ1) is 13.3. The molecular weight excluding hydrogens is 246 g/mol. The molecule has 104 valence electrons. The molecule has 1 N–H and O–H groups in total. The fourth-order valence-electron chi connectivity index (χ4n) is 3.15. The van der Waals surface area contributed by atoms with Crippen molar-refractivity contribution in [1.82, 2.24) is 4.90 Å². The summed E-state index contributed by atoms with van der Waals surface area (Å²) in [6.07, 6.45) is 1.05. The Hall–Kier alpha value is -1.64.